The van der Waals surface area contributed by atoms with Gasteiger partial charge in [-0.1, -0.05) is 29.3 Å². The molecule has 2 aromatic rings. The van der Waals surface area contributed by atoms with Crippen LogP contribution in [0, 0.1) is 20.8 Å². The molecule has 1 heterocycles. The Morgan fingerprint density at radius 1 is 1.12 bits per heavy atom. The number of hydrogen-bond donors (Lipinski definition) is 1. The third-order valence-electron chi connectivity index (χ3n) is 3.63. The first-order valence-corrected chi connectivity index (χ1v) is 8.00. The summed E-state index contributed by atoms with van der Waals surface area (Å²) >= 11 is 12.0. The summed E-state index contributed by atoms with van der Waals surface area (Å²) in [5, 5.41) is 3.16. The zero-order valence-corrected chi connectivity index (χ0v) is 15.2. The molecule has 0 radical (unpaired) electrons. The summed E-state index contributed by atoms with van der Waals surface area (Å²) in [6, 6.07) is 4.86. The highest BCUT2D eigenvalue weighted by atomic mass is 35.5. The number of esters is 1. The molecule has 0 aliphatic rings. The molecule has 0 aliphatic carbocycles. The first-order chi connectivity index (χ1) is 11.2. The average Bonchev–Trinajstić information content (AvgIpc) is 2.75. The van der Waals surface area contributed by atoms with Crippen molar-refractivity contribution in [3.05, 3.63) is 50.9 Å². The van der Waals surface area contributed by atoms with Crippen molar-refractivity contribution in [1.29, 1.82) is 0 Å². The van der Waals surface area contributed by atoms with Gasteiger partial charge < -0.3 is 14.5 Å². The lowest BCUT2D eigenvalue weighted by atomic mass is 10.1. The van der Waals surface area contributed by atoms with E-state index in [2.05, 4.69) is 5.32 Å². The highest BCUT2D eigenvalue weighted by Gasteiger charge is 2.25. The second-order valence-electron chi connectivity index (χ2n) is 5.35. The Hall–Kier alpha value is -1.98. The Morgan fingerprint density at radius 2 is 1.71 bits per heavy atom. The van der Waals surface area contributed by atoms with Crippen molar-refractivity contribution >= 4 is 40.8 Å². The predicted molar refractivity (Wildman–Crippen MR) is 92.9 cm³/mol. The number of nitrogens with one attached hydrogen (secondary N) is 1. The van der Waals surface area contributed by atoms with Crippen molar-refractivity contribution in [3.8, 4) is 0 Å². The largest absolute Gasteiger partial charge is 0.465 e. The van der Waals surface area contributed by atoms with Crippen LogP contribution in [0.2, 0.25) is 10.0 Å². The first kappa shape index (κ1) is 18.4. The predicted octanol–water partition coefficient (Wildman–Crippen LogP) is 4.70. The van der Waals surface area contributed by atoms with Gasteiger partial charge >= 0.3 is 5.97 Å². The van der Waals surface area contributed by atoms with Gasteiger partial charge in [-0.3, -0.25) is 4.79 Å². The molecule has 0 spiro atoms. The maximum atomic E-state index is 12.3. The topological polar surface area (TPSA) is 68.5 Å². The molecule has 0 saturated heterocycles. The number of rotatable bonds is 4. The molecular weight excluding hydrogens is 353 g/mol. The molecule has 1 atom stereocenters. The van der Waals surface area contributed by atoms with E-state index in [0.717, 1.165) is 0 Å². The van der Waals surface area contributed by atoms with E-state index >= 15 is 0 Å². The van der Waals surface area contributed by atoms with Crippen LogP contribution in [0.4, 0.5) is 5.69 Å². The van der Waals surface area contributed by atoms with Crippen LogP contribution in [0.15, 0.2) is 22.6 Å². The number of anilines is 1. The van der Waals surface area contributed by atoms with E-state index in [1.165, 1.54) is 6.92 Å². The van der Waals surface area contributed by atoms with Gasteiger partial charge in [0.1, 0.15) is 17.1 Å². The normalized spacial score (nSPS) is 11.9. The number of furan rings is 1. The van der Waals surface area contributed by atoms with Gasteiger partial charge in [-0.15, -0.1) is 0 Å². The Kier molecular flexibility index (Phi) is 5.57. The molecule has 24 heavy (non-hydrogen) atoms. The van der Waals surface area contributed by atoms with Gasteiger partial charge in [0.25, 0.3) is 5.91 Å². The summed E-state index contributed by atoms with van der Waals surface area (Å²) in [5.74, 6) is -0.0558. The Bertz CT molecular complexity index is 778. The summed E-state index contributed by atoms with van der Waals surface area (Å²) in [6.45, 7) is 6.66. The fraction of sp³-hybridized carbons (Fsp3) is 0.294. The summed E-state index contributed by atoms with van der Waals surface area (Å²) in [5.41, 5.74) is 1.31. The second-order valence-corrected chi connectivity index (χ2v) is 6.16. The monoisotopic (exact) mass is 369 g/mol. The molecule has 0 saturated carbocycles. The molecule has 1 aromatic heterocycles. The molecule has 5 nitrogen and oxygen atoms in total. The Morgan fingerprint density at radius 3 is 2.21 bits per heavy atom. The highest BCUT2D eigenvalue weighted by molar-refractivity contribution is 6.39. The number of para-hydroxylation sites is 1. The van der Waals surface area contributed by atoms with Crippen LogP contribution in [0.1, 0.15) is 34.4 Å². The number of hydrogen-bond acceptors (Lipinski definition) is 4. The SMILES string of the molecule is Cc1oc(C)c(C(=O)O[C@H](C)C(=O)Nc2c(Cl)cccc2Cl)c1C. The van der Waals surface area contributed by atoms with Crippen molar-refractivity contribution in [2.24, 2.45) is 0 Å². The highest BCUT2D eigenvalue weighted by Crippen LogP contribution is 2.30. The molecule has 0 fully saturated rings. The van der Waals surface area contributed by atoms with E-state index in [1.807, 2.05) is 0 Å². The van der Waals surface area contributed by atoms with Crippen LogP contribution in [0.25, 0.3) is 0 Å². The summed E-state index contributed by atoms with van der Waals surface area (Å²) in [7, 11) is 0. The van der Waals surface area contributed by atoms with Gasteiger partial charge in [0.2, 0.25) is 0 Å². The molecule has 2 rings (SSSR count). The fourth-order valence-electron chi connectivity index (χ4n) is 2.21. The van der Waals surface area contributed by atoms with Crippen LogP contribution < -0.4 is 5.32 Å². The van der Waals surface area contributed by atoms with Crippen molar-refractivity contribution in [1.82, 2.24) is 0 Å². The van der Waals surface area contributed by atoms with Gasteiger partial charge in [0, 0.05) is 5.56 Å². The number of halogens is 2. The number of benzene rings is 1. The molecular formula is C17H17Cl2NO4. The summed E-state index contributed by atoms with van der Waals surface area (Å²) in [6.07, 6.45) is -1.03. The van der Waals surface area contributed by atoms with Crippen molar-refractivity contribution in [2.75, 3.05) is 5.32 Å². The van der Waals surface area contributed by atoms with Gasteiger partial charge in [0.05, 0.1) is 15.7 Å². The molecule has 0 aliphatic heterocycles. The minimum atomic E-state index is -1.03. The Balaban J connectivity index is 2.10. The molecule has 0 unspecified atom stereocenters. The van der Waals surface area contributed by atoms with E-state index in [9.17, 15) is 9.59 Å². The average molecular weight is 370 g/mol. The maximum Gasteiger partial charge on any atom is 0.342 e. The smallest absolute Gasteiger partial charge is 0.342 e. The number of aryl methyl sites for hydroxylation is 2. The maximum absolute atomic E-state index is 12.3. The summed E-state index contributed by atoms with van der Waals surface area (Å²) < 4.78 is 10.6. The quantitative estimate of drug-likeness (QED) is 0.793. The zero-order valence-electron chi connectivity index (χ0n) is 13.7. The standard InChI is InChI=1S/C17H17Cl2NO4/c1-8-9(2)23-10(3)14(8)17(22)24-11(4)16(21)20-15-12(18)6-5-7-13(15)19/h5-7,11H,1-4H3,(H,20,21)/t11-/m1/s1. The zero-order chi connectivity index (χ0) is 18.0. The lowest BCUT2D eigenvalue weighted by Gasteiger charge is -2.15. The van der Waals surface area contributed by atoms with Crippen LogP contribution in [0.5, 0.6) is 0 Å². The van der Waals surface area contributed by atoms with Gasteiger partial charge in [-0.05, 0) is 39.8 Å². The third kappa shape index (κ3) is 3.74. The van der Waals surface area contributed by atoms with Crippen molar-refractivity contribution in [3.63, 3.8) is 0 Å². The molecule has 1 amide bonds. The number of carbonyl (C=O) groups is 2. The van der Waals surface area contributed by atoms with Gasteiger partial charge in [0.15, 0.2) is 6.10 Å². The second kappa shape index (κ2) is 7.28. The van der Waals surface area contributed by atoms with E-state index in [1.54, 1.807) is 39.0 Å². The number of amides is 1. The molecule has 7 heteroatoms. The lowest BCUT2D eigenvalue weighted by Crippen LogP contribution is -2.30. The molecule has 1 N–H and O–H groups in total. The van der Waals surface area contributed by atoms with E-state index in [4.69, 9.17) is 32.4 Å². The van der Waals surface area contributed by atoms with E-state index in [0.29, 0.717) is 32.7 Å². The van der Waals surface area contributed by atoms with Crippen molar-refractivity contribution in [2.45, 2.75) is 33.8 Å². The molecule has 0 bridgehead atoms. The number of ether oxygens (including phenoxy) is 1. The lowest BCUT2D eigenvalue weighted by molar-refractivity contribution is -0.123. The number of carbonyl (C=O) groups excluding carboxylic acids is 2. The van der Waals surface area contributed by atoms with Crippen LogP contribution in [0.3, 0.4) is 0 Å². The fourth-order valence-corrected chi connectivity index (χ4v) is 2.70. The molecule has 1 aromatic carbocycles. The van der Waals surface area contributed by atoms with Crippen LogP contribution in [-0.4, -0.2) is 18.0 Å². The van der Waals surface area contributed by atoms with E-state index < -0.39 is 18.0 Å². The third-order valence-corrected chi connectivity index (χ3v) is 4.26. The minimum absolute atomic E-state index is 0.278. The minimum Gasteiger partial charge on any atom is -0.465 e. The van der Waals surface area contributed by atoms with Crippen LogP contribution in [-0.2, 0) is 9.53 Å². The first-order valence-electron chi connectivity index (χ1n) is 7.24. The molecule has 128 valence electrons. The van der Waals surface area contributed by atoms with E-state index in [-0.39, 0.29) is 5.69 Å². The summed E-state index contributed by atoms with van der Waals surface area (Å²) in [4.78, 5) is 24.5. The van der Waals surface area contributed by atoms with Gasteiger partial charge in [-0.2, -0.15) is 0 Å². The van der Waals surface area contributed by atoms with Crippen molar-refractivity contribution < 1.29 is 18.7 Å². The Labute approximate surface area is 149 Å². The van der Waals surface area contributed by atoms with Crippen LogP contribution >= 0.6 is 23.2 Å². The van der Waals surface area contributed by atoms with Gasteiger partial charge in [-0.25, -0.2) is 4.79 Å².